The summed E-state index contributed by atoms with van der Waals surface area (Å²) in [6, 6.07) is -0.635. The highest BCUT2D eigenvalue weighted by Crippen LogP contribution is 2.17. The molecule has 4 heteroatoms. The SMILES string of the molecule is CCCCCCCCCCCCCCC/C=C/CC/C=C/C(O)C(CO)NC(=O)CCCCCCCCCCCCCCCCCCCCCCCCCC. The highest BCUT2D eigenvalue weighted by molar-refractivity contribution is 5.76. The summed E-state index contributed by atoms with van der Waals surface area (Å²) in [4.78, 5) is 12.4. The van der Waals surface area contributed by atoms with Crippen LogP contribution < -0.4 is 5.32 Å². The number of allylic oxidation sites excluding steroid dienone is 3. The van der Waals surface area contributed by atoms with Gasteiger partial charge in [-0.3, -0.25) is 4.79 Å². The van der Waals surface area contributed by atoms with Gasteiger partial charge in [0, 0.05) is 6.42 Å². The normalized spacial score (nSPS) is 13.0. The van der Waals surface area contributed by atoms with E-state index in [-0.39, 0.29) is 12.5 Å². The minimum atomic E-state index is -0.858. The molecule has 0 aromatic heterocycles. The van der Waals surface area contributed by atoms with Crippen molar-refractivity contribution in [2.24, 2.45) is 0 Å². The van der Waals surface area contributed by atoms with Crippen molar-refractivity contribution in [1.29, 1.82) is 0 Å². The van der Waals surface area contributed by atoms with E-state index in [1.165, 1.54) is 225 Å². The molecule has 0 fully saturated rings. The highest BCUT2D eigenvalue weighted by Gasteiger charge is 2.17. The Morgan fingerprint density at radius 1 is 0.418 bits per heavy atom. The van der Waals surface area contributed by atoms with Crippen LogP contribution in [0.15, 0.2) is 24.3 Å². The van der Waals surface area contributed by atoms with Crippen LogP contribution in [0.3, 0.4) is 0 Å². The third-order valence-electron chi connectivity index (χ3n) is 11.7. The molecule has 2 atom stereocenters. The Hall–Kier alpha value is -1.13. The molecule has 3 N–H and O–H groups in total. The van der Waals surface area contributed by atoms with Crippen molar-refractivity contribution in [3.63, 3.8) is 0 Å². The first kappa shape index (κ1) is 53.9. The zero-order valence-corrected chi connectivity index (χ0v) is 37.5. The van der Waals surface area contributed by atoms with Gasteiger partial charge in [-0.1, -0.05) is 263 Å². The van der Waals surface area contributed by atoms with Crippen LogP contribution in [0.1, 0.15) is 277 Å². The number of nitrogens with one attached hydrogen (secondary N) is 1. The third-order valence-corrected chi connectivity index (χ3v) is 11.7. The average molecular weight is 774 g/mol. The monoisotopic (exact) mass is 774 g/mol. The van der Waals surface area contributed by atoms with Crippen LogP contribution in [-0.2, 0) is 4.79 Å². The minimum Gasteiger partial charge on any atom is -0.394 e. The van der Waals surface area contributed by atoms with E-state index >= 15 is 0 Å². The molecule has 326 valence electrons. The summed E-state index contributed by atoms with van der Waals surface area (Å²) in [5, 5.41) is 23.1. The Morgan fingerprint density at radius 2 is 0.709 bits per heavy atom. The average Bonchev–Trinajstić information content (AvgIpc) is 3.19. The molecule has 55 heavy (non-hydrogen) atoms. The van der Waals surface area contributed by atoms with Crippen LogP contribution in [-0.4, -0.2) is 34.9 Å². The molecule has 0 aliphatic carbocycles. The molecule has 0 aliphatic rings. The molecule has 0 heterocycles. The molecule has 0 saturated heterocycles. The van der Waals surface area contributed by atoms with E-state index in [0.29, 0.717) is 6.42 Å². The van der Waals surface area contributed by atoms with Crippen LogP contribution in [0.2, 0.25) is 0 Å². The fourth-order valence-corrected chi connectivity index (χ4v) is 7.84. The summed E-state index contributed by atoms with van der Waals surface area (Å²) >= 11 is 0. The van der Waals surface area contributed by atoms with Gasteiger partial charge < -0.3 is 15.5 Å². The molecule has 0 aliphatic heterocycles. The van der Waals surface area contributed by atoms with Crippen LogP contribution in [0.5, 0.6) is 0 Å². The van der Waals surface area contributed by atoms with Crippen molar-refractivity contribution in [3.8, 4) is 0 Å². The molecule has 1 amide bonds. The van der Waals surface area contributed by atoms with Crippen molar-refractivity contribution in [1.82, 2.24) is 5.32 Å². The van der Waals surface area contributed by atoms with E-state index in [1.807, 2.05) is 6.08 Å². The fourth-order valence-electron chi connectivity index (χ4n) is 7.84. The van der Waals surface area contributed by atoms with Crippen LogP contribution in [0.4, 0.5) is 0 Å². The second kappa shape index (κ2) is 47.2. The first-order valence-corrected chi connectivity index (χ1v) is 25.1. The lowest BCUT2D eigenvalue weighted by Gasteiger charge is -2.19. The highest BCUT2D eigenvalue weighted by atomic mass is 16.3. The minimum absolute atomic E-state index is 0.0681. The van der Waals surface area contributed by atoms with E-state index in [4.69, 9.17) is 0 Å². The van der Waals surface area contributed by atoms with Crippen molar-refractivity contribution >= 4 is 5.91 Å². The number of rotatable bonds is 46. The Kier molecular flexibility index (Phi) is 46.3. The second-order valence-corrected chi connectivity index (χ2v) is 17.2. The number of aliphatic hydroxyl groups is 2. The Morgan fingerprint density at radius 3 is 1.05 bits per heavy atom. The molecule has 4 nitrogen and oxygen atoms in total. The predicted molar refractivity (Wildman–Crippen MR) is 244 cm³/mol. The number of hydrogen-bond acceptors (Lipinski definition) is 3. The van der Waals surface area contributed by atoms with Crippen LogP contribution in [0.25, 0.3) is 0 Å². The molecule has 0 spiro atoms. The summed E-state index contributed by atoms with van der Waals surface area (Å²) < 4.78 is 0. The molecular weight excluding hydrogens is 675 g/mol. The summed E-state index contributed by atoms with van der Waals surface area (Å²) in [6.07, 6.45) is 61.7. The van der Waals surface area contributed by atoms with Gasteiger partial charge in [-0.25, -0.2) is 0 Å². The van der Waals surface area contributed by atoms with Gasteiger partial charge in [0.15, 0.2) is 0 Å². The van der Waals surface area contributed by atoms with Crippen molar-refractivity contribution < 1.29 is 15.0 Å². The molecule has 0 saturated carbocycles. The maximum absolute atomic E-state index is 12.4. The predicted octanol–water partition coefficient (Wildman–Crippen LogP) is 16.0. The maximum atomic E-state index is 12.4. The van der Waals surface area contributed by atoms with E-state index < -0.39 is 12.1 Å². The Labute approximate surface area is 345 Å². The summed E-state index contributed by atoms with van der Waals surface area (Å²) in [7, 11) is 0. The Balaban J connectivity index is 3.52. The van der Waals surface area contributed by atoms with Gasteiger partial charge in [-0.15, -0.1) is 0 Å². The van der Waals surface area contributed by atoms with Gasteiger partial charge in [0.1, 0.15) is 0 Å². The number of carbonyl (C=O) groups is 1. The number of hydrogen-bond donors (Lipinski definition) is 3. The van der Waals surface area contributed by atoms with Crippen molar-refractivity contribution in [2.75, 3.05) is 6.61 Å². The van der Waals surface area contributed by atoms with E-state index in [9.17, 15) is 15.0 Å². The molecule has 0 aromatic carbocycles. The van der Waals surface area contributed by atoms with Gasteiger partial charge >= 0.3 is 0 Å². The molecule has 2 unspecified atom stereocenters. The maximum Gasteiger partial charge on any atom is 0.220 e. The molecule has 0 radical (unpaired) electrons. The Bertz CT molecular complexity index is 795. The molecule has 0 bridgehead atoms. The quantitative estimate of drug-likeness (QED) is 0.0426. The van der Waals surface area contributed by atoms with Crippen LogP contribution >= 0.6 is 0 Å². The van der Waals surface area contributed by atoms with Crippen LogP contribution in [0, 0.1) is 0 Å². The lowest BCUT2D eigenvalue weighted by Crippen LogP contribution is -2.45. The van der Waals surface area contributed by atoms with E-state index in [2.05, 4.69) is 31.3 Å². The summed E-state index contributed by atoms with van der Waals surface area (Å²) in [5.74, 6) is -0.0681. The molecule has 0 rings (SSSR count). The van der Waals surface area contributed by atoms with Gasteiger partial charge in [0.2, 0.25) is 5.91 Å². The zero-order chi connectivity index (χ0) is 40.0. The van der Waals surface area contributed by atoms with Gasteiger partial charge in [0.25, 0.3) is 0 Å². The summed E-state index contributed by atoms with van der Waals surface area (Å²) in [5.41, 5.74) is 0. The van der Waals surface area contributed by atoms with Crippen molar-refractivity contribution in [2.45, 2.75) is 289 Å². The summed E-state index contributed by atoms with van der Waals surface area (Å²) in [6.45, 7) is 4.33. The number of aliphatic hydroxyl groups excluding tert-OH is 2. The fraction of sp³-hybridized carbons (Fsp3) is 0.902. The third kappa shape index (κ3) is 43.8. The zero-order valence-electron chi connectivity index (χ0n) is 37.5. The topological polar surface area (TPSA) is 69.6 Å². The van der Waals surface area contributed by atoms with Gasteiger partial charge in [-0.2, -0.15) is 0 Å². The van der Waals surface area contributed by atoms with Gasteiger partial charge in [0.05, 0.1) is 18.8 Å². The van der Waals surface area contributed by atoms with Gasteiger partial charge in [-0.05, 0) is 32.1 Å². The smallest absolute Gasteiger partial charge is 0.220 e. The first-order chi connectivity index (χ1) is 27.2. The number of unbranched alkanes of at least 4 members (excludes halogenated alkanes) is 37. The molecular formula is C51H99NO3. The number of amides is 1. The first-order valence-electron chi connectivity index (χ1n) is 25.1. The second-order valence-electron chi connectivity index (χ2n) is 17.2. The standard InChI is InChI=1S/C51H99NO3/c1-3-5-7-9-11-13-15-17-19-21-23-24-25-26-27-29-31-33-35-37-39-41-43-45-47-51(55)52-49(48-53)50(54)46-44-42-40-38-36-34-32-30-28-22-20-18-16-14-12-10-8-6-4-2/h36,38,44,46,49-50,53-54H,3-35,37,39-43,45,47-48H2,1-2H3,(H,52,55)/b38-36+,46-44+. The lowest BCUT2D eigenvalue weighted by atomic mass is 10.0. The lowest BCUT2D eigenvalue weighted by molar-refractivity contribution is -0.123. The van der Waals surface area contributed by atoms with E-state index in [0.717, 1.165) is 32.1 Å². The van der Waals surface area contributed by atoms with E-state index in [1.54, 1.807) is 6.08 Å². The number of carbonyl (C=O) groups excluding carboxylic acids is 1. The largest absolute Gasteiger partial charge is 0.394 e. The van der Waals surface area contributed by atoms with Crippen molar-refractivity contribution in [3.05, 3.63) is 24.3 Å². The molecule has 0 aromatic rings.